The maximum absolute atomic E-state index is 12.5. The Hall–Kier alpha value is -1.66. The van der Waals surface area contributed by atoms with Crippen molar-refractivity contribution in [2.45, 2.75) is 26.3 Å². The van der Waals surface area contributed by atoms with E-state index >= 15 is 0 Å². The molecule has 5 nitrogen and oxygen atoms in total. The second-order valence-corrected chi connectivity index (χ2v) is 8.29. The summed E-state index contributed by atoms with van der Waals surface area (Å²) in [7, 11) is 1.95. The predicted molar refractivity (Wildman–Crippen MR) is 91.6 cm³/mol. The number of carbonyl (C=O) groups excluding carboxylic acids is 1. The number of thiophene rings is 1. The molecule has 0 bridgehead atoms. The SMILES string of the molecule is Cc1ccc(N2C[C@@]3(CCN(Cc4cnn(C)c4)C3)CC2=O)s1. The van der Waals surface area contributed by atoms with E-state index in [0.29, 0.717) is 6.42 Å². The number of rotatable bonds is 3. The molecular weight excluding hydrogens is 308 g/mol. The van der Waals surface area contributed by atoms with Gasteiger partial charge in [0.15, 0.2) is 0 Å². The molecular formula is C17H22N4OS. The Kier molecular flexibility index (Phi) is 3.54. The molecule has 23 heavy (non-hydrogen) atoms. The van der Waals surface area contributed by atoms with Crippen LogP contribution in [0.3, 0.4) is 0 Å². The molecule has 1 atom stereocenters. The van der Waals surface area contributed by atoms with E-state index in [1.54, 1.807) is 11.3 Å². The van der Waals surface area contributed by atoms with Crippen LogP contribution >= 0.6 is 11.3 Å². The molecule has 4 heterocycles. The van der Waals surface area contributed by atoms with E-state index in [1.165, 1.54) is 10.4 Å². The molecule has 4 rings (SSSR count). The lowest BCUT2D eigenvalue weighted by molar-refractivity contribution is -0.117. The molecule has 2 aliphatic rings. The number of nitrogens with zero attached hydrogens (tertiary/aromatic N) is 4. The third-order valence-electron chi connectivity index (χ3n) is 4.99. The Morgan fingerprint density at radius 3 is 2.91 bits per heavy atom. The van der Waals surface area contributed by atoms with Crippen molar-refractivity contribution in [1.29, 1.82) is 0 Å². The lowest BCUT2D eigenvalue weighted by atomic mass is 9.86. The minimum Gasteiger partial charge on any atom is -0.303 e. The van der Waals surface area contributed by atoms with Gasteiger partial charge in [-0.1, -0.05) is 0 Å². The van der Waals surface area contributed by atoms with Crippen LogP contribution in [0.15, 0.2) is 24.5 Å². The zero-order valence-electron chi connectivity index (χ0n) is 13.7. The summed E-state index contributed by atoms with van der Waals surface area (Å²) >= 11 is 1.72. The van der Waals surface area contributed by atoms with E-state index in [1.807, 2.05) is 22.8 Å². The standard InChI is InChI=1S/C17H22N4OS/c1-13-3-4-16(23-13)21-12-17(7-15(21)22)5-6-20(11-17)10-14-8-18-19(2)9-14/h3-4,8-9H,5-7,10-12H2,1-2H3/t17-/m0/s1. The Morgan fingerprint density at radius 2 is 2.22 bits per heavy atom. The number of hydrogen-bond donors (Lipinski definition) is 0. The second kappa shape index (κ2) is 5.46. The van der Waals surface area contributed by atoms with Crippen molar-refractivity contribution >= 4 is 22.2 Å². The third-order valence-corrected chi connectivity index (χ3v) is 6.02. The quantitative estimate of drug-likeness (QED) is 0.868. The van der Waals surface area contributed by atoms with Crippen LogP contribution in [0.5, 0.6) is 0 Å². The molecule has 122 valence electrons. The van der Waals surface area contributed by atoms with Crippen molar-refractivity contribution in [2.75, 3.05) is 24.5 Å². The van der Waals surface area contributed by atoms with Gasteiger partial charge in [0.1, 0.15) is 0 Å². The molecule has 1 amide bonds. The average Bonchev–Trinajstić information content (AvgIpc) is 3.23. The Balaban J connectivity index is 1.45. The zero-order chi connectivity index (χ0) is 16.0. The average molecular weight is 330 g/mol. The summed E-state index contributed by atoms with van der Waals surface area (Å²) in [6.07, 6.45) is 5.81. The lowest BCUT2D eigenvalue weighted by Gasteiger charge is -2.23. The summed E-state index contributed by atoms with van der Waals surface area (Å²) in [5.74, 6) is 0.287. The van der Waals surface area contributed by atoms with Gasteiger partial charge in [-0.05, 0) is 32.0 Å². The van der Waals surface area contributed by atoms with Gasteiger partial charge in [-0.3, -0.25) is 14.4 Å². The number of hydrogen-bond acceptors (Lipinski definition) is 4. The normalized spacial score (nSPS) is 25.1. The van der Waals surface area contributed by atoms with E-state index < -0.39 is 0 Å². The molecule has 2 aromatic heterocycles. The van der Waals surface area contributed by atoms with E-state index in [9.17, 15) is 4.79 Å². The van der Waals surface area contributed by atoms with E-state index in [2.05, 4.69) is 35.3 Å². The summed E-state index contributed by atoms with van der Waals surface area (Å²) in [5, 5.41) is 5.35. The van der Waals surface area contributed by atoms with Gasteiger partial charge in [0.25, 0.3) is 0 Å². The van der Waals surface area contributed by atoms with Crippen LogP contribution in [0.25, 0.3) is 0 Å². The highest BCUT2D eigenvalue weighted by molar-refractivity contribution is 7.16. The van der Waals surface area contributed by atoms with Gasteiger partial charge in [-0.15, -0.1) is 11.3 Å². The first-order chi connectivity index (χ1) is 11.0. The van der Waals surface area contributed by atoms with Gasteiger partial charge in [0, 0.05) is 55.2 Å². The number of aryl methyl sites for hydroxylation is 2. The second-order valence-electron chi connectivity index (χ2n) is 7.02. The minimum atomic E-state index is 0.136. The first kappa shape index (κ1) is 14.9. The van der Waals surface area contributed by atoms with Gasteiger partial charge >= 0.3 is 0 Å². The van der Waals surface area contributed by atoms with Crippen LogP contribution in [0, 0.1) is 12.3 Å². The molecule has 0 saturated carbocycles. The predicted octanol–water partition coefficient (Wildman–Crippen LogP) is 2.42. The third kappa shape index (κ3) is 2.81. The topological polar surface area (TPSA) is 41.4 Å². The molecule has 2 aromatic rings. The molecule has 0 aliphatic carbocycles. The van der Waals surface area contributed by atoms with Crippen LogP contribution in [-0.4, -0.2) is 40.2 Å². The largest absolute Gasteiger partial charge is 0.303 e. The van der Waals surface area contributed by atoms with Crippen molar-refractivity contribution in [1.82, 2.24) is 14.7 Å². The fourth-order valence-electron chi connectivity index (χ4n) is 3.91. The number of likely N-dealkylation sites (tertiary alicyclic amines) is 1. The fourth-order valence-corrected chi connectivity index (χ4v) is 4.79. The summed E-state index contributed by atoms with van der Waals surface area (Å²) < 4.78 is 1.85. The lowest BCUT2D eigenvalue weighted by Crippen LogP contribution is -2.30. The fraction of sp³-hybridized carbons (Fsp3) is 0.529. The minimum absolute atomic E-state index is 0.136. The Morgan fingerprint density at radius 1 is 1.35 bits per heavy atom. The number of aromatic nitrogens is 2. The molecule has 0 unspecified atom stereocenters. The highest BCUT2D eigenvalue weighted by atomic mass is 32.1. The summed E-state index contributed by atoms with van der Waals surface area (Å²) in [6.45, 7) is 5.97. The first-order valence-corrected chi connectivity index (χ1v) is 8.91. The maximum atomic E-state index is 12.5. The van der Waals surface area contributed by atoms with Crippen LogP contribution in [0.1, 0.15) is 23.3 Å². The molecule has 1 spiro atoms. The summed E-state index contributed by atoms with van der Waals surface area (Å²) in [6, 6.07) is 4.18. The molecule has 6 heteroatoms. The van der Waals surface area contributed by atoms with Crippen LogP contribution in [0.2, 0.25) is 0 Å². The first-order valence-electron chi connectivity index (χ1n) is 8.10. The number of amides is 1. The van der Waals surface area contributed by atoms with Crippen LogP contribution < -0.4 is 4.90 Å². The van der Waals surface area contributed by atoms with Crippen molar-refractivity contribution in [3.8, 4) is 0 Å². The molecule has 2 fully saturated rings. The van der Waals surface area contributed by atoms with E-state index in [-0.39, 0.29) is 11.3 Å². The molecule has 0 radical (unpaired) electrons. The summed E-state index contributed by atoms with van der Waals surface area (Å²) in [4.78, 5) is 18.2. The summed E-state index contributed by atoms with van der Waals surface area (Å²) in [5.41, 5.74) is 1.39. The molecule has 0 aromatic carbocycles. The van der Waals surface area contributed by atoms with Gasteiger partial charge in [-0.2, -0.15) is 5.10 Å². The monoisotopic (exact) mass is 330 g/mol. The number of carbonyl (C=O) groups is 1. The molecule has 2 saturated heterocycles. The zero-order valence-corrected chi connectivity index (χ0v) is 14.5. The van der Waals surface area contributed by atoms with Crippen LogP contribution in [0.4, 0.5) is 5.00 Å². The van der Waals surface area contributed by atoms with Gasteiger partial charge in [-0.25, -0.2) is 0 Å². The maximum Gasteiger partial charge on any atom is 0.228 e. The highest BCUT2D eigenvalue weighted by Gasteiger charge is 2.47. The Labute approximate surface area is 140 Å². The molecule has 0 N–H and O–H groups in total. The Bertz CT molecular complexity index is 737. The van der Waals surface area contributed by atoms with E-state index in [0.717, 1.165) is 37.6 Å². The van der Waals surface area contributed by atoms with Gasteiger partial charge in [0.2, 0.25) is 5.91 Å². The number of anilines is 1. The van der Waals surface area contributed by atoms with E-state index in [4.69, 9.17) is 0 Å². The van der Waals surface area contributed by atoms with Crippen molar-refractivity contribution < 1.29 is 4.79 Å². The molecule has 2 aliphatic heterocycles. The van der Waals surface area contributed by atoms with Crippen LogP contribution in [-0.2, 0) is 18.4 Å². The van der Waals surface area contributed by atoms with Gasteiger partial charge < -0.3 is 4.90 Å². The van der Waals surface area contributed by atoms with Crippen molar-refractivity contribution in [2.24, 2.45) is 12.5 Å². The highest BCUT2D eigenvalue weighted by Crippen LogP contribution is 2.43. The smallest absolute Gasteiger partial charge is 0.228 e. The van der Waals surface area contributed by atoms with Gasteiger partial charge in [0.05, 0.1) is 11.2 Å². The van der Waals surface area contributed by atoms with Crippen molar-refractivity contribution in [3.63, 3.8) is 0 Å². The van der Waals surface area contributed by atoms with Crippen molar-refractivity contribution in [3.05, 3.63) is 35.0 Å².